The van der Waals surface area contributed by atoms with E-state index in [1.165, 1.54) is 38.3 Å². The standard InChI is InChI=1S/C60H43N5/c61-37-35-51(64(48-28-23-45(24-29-48)43-13-3-1-4-14-43)49-30-25-46(26-31-49)44-15-5-2-6-16-44)39-42(41-62)36-38-63-56-34-32-50(40-55(56)60-52-18-8-7-17-47(52)27-33-59(60)63)65-57-21-11-9-19-53(57)54-20-10-12-22-58(54)65/h1-9,11-19,21-36,38,40,42H,10,20,39H2/b38-36+,51-35-. The lowest BCUT2D eigenvalue weighted by Gasteiger charge is -2.28. The first-order chi connectivity index (χ1) is 32.2. The van der Waals surface area contributed by atoms with Crippen LogP contribution < -0.4 is 4.90 Å². The van der Waals surface area contributed by atoms with E-state index in [0.717, 1.165) is 74.3 Å². The minimum Gasteiger partial charge on any atom is -0.316 e. The van der Waals surface area contributed by atoms with Crippen LogP contribution in [0.1, 0.15) is 24.1 Å². The molecule has 0 radical (unpaired) electrons. The first-order valence-electron chi connectivity index (χ1n) is 22.2. The van der Waals surface area contributed by atoms with Crippen LogP contribution in [0.5, 0.6) is 0 Å². The van der Waals surface area contributed by atoms with E-state index in [9.17, 15) is 10.5 Å². The molecule has 1 atom stereocenters. The molecule has 8 aromatic carbocycles. The lowest BCUT2D eigenvalue weighted by molar-refractivity contribution is 0.791. The molecule has 0 aliphatic heterocycles. The first kappa shape index (κ1) is 39.2. The molecule has 65 heavy (non-hydrogen) atoms. The van der Waals surface area contributed by atoms with Crippen LogP contribution in [-0.4, -0.2) is 9.13 Å². The van der Waals surface area contributed by atoms with E-state index in [2.05, 4.69) is 196 Å². The summed E-state index contributed by atoms with van der Waals surface area (Å²) in [5.41, 5.74) is 14.1. The molecule has 10 aromatic rings. The molecule has 308 valence electrons. The van der Waals surface area contributed by atoms with Crippen molar-refractivity contribution in [2.24, 2.45) is 5.92 Å². The van der Waals surface area contributed by atoms with Gasteiger partial charge < -0.3 is 14.0 Å². The number of rotatable bonds is 10. The van der Waals surface area contributed by atoms with E-state index in [-0.39, 0.29) is 0 Å². The SMILES string of the molecule is N#C/C=C(/CC(C#N)/C=C/n1c2ccc(-n3c4c(c5ccccc53)CCC=C4)cc2c2c3ccccc3ccc21)N(c1ccc(-c2ccccc2)cc1)c1ccc(-c2ccccc2)cc1. The van der Waals surface area contributed by atoms with Gasteiger partial charge in [-0.3, -0.25) is 0 Å². The summed E-state index contributed by atoms with van der Waals surface area (Å²) in [5, 5.41) is 27.2. The van der Waals surface area contributed by atoms with Gasteiger partial charge in [-0.2, -0.15) is 10.5 Å². The molecule has 2 aromatic heterocycles. The molecule has 0 N–H and O–H groups in total. The Morgan fingerprint density at radius 1 is 0.600 bits per heavy atom. The molecule has 0 fully saturated rings. The summed E-state index contributed by atoms with van der Waals surface area (Å²) in [7, 11) is 0. The highest BCUT2D eigenvalue weighted by atomic mass is 15.1. The second-order valence-corrected chi connectivity index (χ2v) is 16.6. The Hall–Kier alpha value is -8.64. The summed E-state index contributed by atoms with van der Waals surface area (Å²) in [6.45, 7) is 0. The fourth-order valence-corrected chi connectivity index (χ4v) is 9.78. The average molecular weight is 834 g/mol. The minimum absolute atomic E-state index is 0.310. The third-order valence-corrected chi connectivity index (χ3v) is 12.8. The first-order valence-corrected chi connectivity index (χ1v) is 22.2. The number of para-hydroxylation sites is 1. The molecule has 0 saturated carbocycles. The van der Waals surface area contributed by atoms with E-state index in [1.807, 2.05) is 42.5 Å². The molecule has 1 aliphatic rings. The van der Waals surface area contributed by atoms with E-state index in [1.54, 1.807) is 6.08 Å². The maximum absolute atomic E-state index is 10.9. The number of aromatic nitrogens is 2. The van der Waals surface area contributed by atoms with Crippen molar-refractivity contribution in [3.63, 3.8) is 0 Å². The van der Waals surface area contributed by atoms with Gasteiger partial charge in [0.15, 0.2) is 0 Å². The van der Waals surface area contributed by atoms with E-state index < -0.39 is 5.92 Å². The second kappa shape index (κ2) is 16.9. The highest BCUT2D eigenvalue weighted by Gasteiger charge is 2.22. The van der Waals surface area contributed by atoms with Gasteiger partial charge in [0.1, 0.15) is 0 Å². The van der Waals surface area contributed by atoms with Gasteiger partial charge in [-0.15, -0.1) is 0 Å². The molecule has 0 spiro atoms. The number of aryl methyl sites for hydroxylation is 1. The van der Waals surface area contributed by atoms with Gasteiger partial charge >= 0.3 is 0 Å². The summed E-state index contributed by atoms with van der Waals surface area (Å²) >= 11 is 0. The zero-order valence-corrected chi connectivity index (χ0v) is 35.7. The van der Waals surface area contributed by atoms with Crippen LogP contribution in [0, 0.1) is 28.6 Å². The predicted octanol–water partition coefficient (Wildman–Crippen LogP) is 15.4. The molecule has 0 bridgehead atoms. The lowest BCUT2D eigenvalue weighted by Crippen LogP contribution is -2.18. The predicted molar refractivity (Wildman–Crippen MR) is 270 cm³/mol. The molecule has 11 rings (SSSR count). The maximum Gasteiger partial charge on any atom is 0.0930 e. The van der Waals surface area contributed by atoms with Crippen molar-refractivity contribution in [3.05, 3.63) is 223 Å². The molecule has 2 heterocycles. The Morgan fingerprint density at radius 2 is 1.22 bits per heavy atom. The van der Waals surface area contributed by atoms with Gasteiger partial charge in [-0.05, 0) is 112 Å². The quantitative estimate of drug-likeness (QED) is 0.129. The van der Waals surface area contributed by atoms with Crippen molar-refractivity contribution >= 4 is 67.1 Å². The third-order valence-electron chi connectivity index (χ3n) is 12.8. The van der Waals surface area contributed by atoms with Crippen molar-refractivity contribution in [1.29, 1.82) is 10.5 Å². The van der Waals surface area contributed by atoms with E-state index in [4.69, 9.17) is 0 Å². The molecular weight excluding hydrogens is 791 g/mol. The number of hydrogen-bond acceptors (Lipinski definition) is 3. The highest BCUT2D eigenvalue weighted by Crippen LogP contribution is 2.40. The number of hydrogen-bond donors (Lipinski definition) is 0. The van der Waals surface area contributed by atoms with E-state index >= 15 is 0 Å². The zero-order valence-electron chi connectivity index (χ0n) is 35.7. The Bertz CT molecular complexity index is 3490. The molecule has 1 aliphatic carbocycles. The maximum atomic E-state index is 10.9. The van der Waals surface area contributed by atoms with Gasteiger partial charge in [0.25, 0.3) is 0 Å². The molecule has 0 saturated heterocycles. The summed E-state index contributed by atoms with van der Waals surface area (Å²) in [6, 6.07) is 70.8. The number of nitrogens with zero attached hydrogens (tertiary/aromatic N) is 5. The molecule has 1 unspecified atom stereocenters. The van der Waals surface area contributed by atoms with Gasteiger partial charge in [-0.25, -0.2) is 0 Å². The summed E-state index contributed by atoms with van der Waals surface area (Å²) in [4.78, 5) is 2.11. The van der Waals surface area contributed by atoms with Crippen LogP contribution >= 0.6 is 0 Å². The van der Waals surface area contributed by atoms with Gasteiger partial charge in [0.05, 0.1) is 34.6 Å². The number of anilines is 2. The van der Waals surface area contributed by atoms with Gasteiger partial charge in [0, 0.05) is 63.3 Å². The summed E-state index contributed by atoms with van der Waals surface area (Å²) < 4.78 is 4.64. The number of benzene rings is 8. The van der Waals surface area contributed by atoms with Crippen molar-refractivity contribution in [2.75, 3.05) is 4.90 Å². The fourth-order valence-electron chi connectivity index (χ4n) is 9.78. The van der Waals surface area contributed by atoms with Gasteiger partial charge in [0.2, 0.25) is 0 Å². The monoisotopic (exact) mass is 833 g/mol. The fraction of sp³-hybridized carbons (Fsp3) is 0.0667. The normalized spacial score (nSPS) is 13.0. The molecule has 0 amide bonds. The van der Waals surface area contributed by atoms with Crippen molar-refractivity contribution in [1.82, 2.24) is 9.13 Å². The van der Waals surface area contributed by atoms with E-state index in [0.29, 0.717) is 6.42 Å². The van der Waals surface area contributed by atoms with Gasteiger partial charge in [-0.1, -0.05) is 146 Å². The summed E-state index contributed by atoms with van der Waals surface area (Å²) in [5.74, 6) is -0.555. The molecule has 5 heteroatoms. The molecular formula is C60H43N5. The number of allylic oxidation sites excluding steroid dienone is 4. The number of fused-ring (bicyclic) bond motifs is 8. The van der Waals surface area contributed by atoms with Crippen LogP contribution in [0.25, 0.3) is 83.7 Å². The summed E-state index contributed by atoms with van der Waals surface area (Å²) in [6.07, 6.45) is 12.6. The smallest absolute Gasteiger partial charge is 0.0930 e. The Morgan fingerprint density at radius 3 is 1.89 bits per heavy atom. The van der Waals surface area contributed by atoms with Crippen molar-refractivity contribution in [3.8, 4) is 40.1 Å². The zero-order chi connectivity index (χ0) is 43.7. The van der Waals surface area contributed by atoms with Crippen LogP contribution in [0.15, 0.2) is 212 Å². The second-order valence-electron chi connectivity index (χ2n) is 16.6. The van der Waals surface area contributed by atoms with Crippen LogP contribution in [0.3, 0.4) is 0 Å². The Balaban J connectivity index is 0.996. The van der Waals surface area contributed by atoms with Crippen LogP contribution in [0.4, 0.5) is 11.4 Å². The number of nitriles is 2. The largest absolute Gasteiger partial charge is 0.316 e. The van der Waals surface area contributed by atoms with Crippen LogP contribution in [0.2, 0.25) is 0 Å². The minimum atomic E-state index is -0.555. The lowest BCUT2D eigenvalue weighted by atomic mass is 10.0. The highest BCUT2D eigenvalue weighted by molar-refractivity contribution is 6.21. The Labute approximate surface area is 378 Å². The van der Waals surface area contributed by atoms with Crippen molar-refractivity contribution < 1.29 is 0 Å². The van der Waals surface area contributed by atoms with Crippen molar-refractivity contribution in [2.45, 2.75) is 19.3 Å². The third kappa shape index (κ3) is 7.16. The molecule has 5 nitrogen and oxygen atoms in total. The topological polar surface area (TPSA) is 60.7 Å². The van der Waals surface area contributed by atoms with Crippen LogP contribution in [-0.2, 0) is 6.42 Å². The average Bonchev–Trinajstić information content (AvgIpc) is 3.88. The Kier molecular flexibility index (Phi) is 10.2.